The molecule has 0 spiro atoms. The number of rotatable bonds is 4. The number of aromatic nitrogens is 5. The highest BCUT2D eigenvalue weighted by Gasteiger charge is 2.25. The Morgan fingerprint density at radius 2 is 1.93 bits per heavy atom. The van der Waals surface area contributed by atoms with Gasteiger partial charge in [0.05, 0.1) is 33.7 Å². The lowest BCUT2D eigenvalue weighted by atomic mass is 10.1. The molecule has 0 aliphatic heterocycles. The zero-order chi connectivity index (χ0) is 20.0. The SMILES string of the molecule is Oc1ccc(-n2cc(C(O)c3c(-c4ccccc4)sc4cncn34)nn2)cc1Cl. The molecule has 0 bridgehead atoms. The molecule has 0 aliphatic carbocycles. The molecule has 0 radical (unpaired) electrons. The van der Waals surface area contributed by atoms with E-state index in [0.717, 1.165) is 15.3 Å². The van der Waals surface area contributed by atoms with E-state index in [1.165, 1.54) is 10.7 Å². The van der Waals surface area contributed by atoms with Gasteiger partial charge in [0, 0.05) is 0 Å². The number of aromatic hydroxyl groups is 1. The van der Waals surface area contributed by atoms with Crippen LogP contribution in [0, 0.1) is 0 Å². The standard InChI is InChI=1S/C20H14ClN5O2S/c21-14-8-13(6-7-16(14)27)26-10-15(23-24-26)19(28)18-20(12-4-2-1-3-5-12)29-17-9-22-11-25(17)18/h1-11,19,27-28H. The summed E-state index contributed by atoms with van der Waals surface area (Å²) < 4.78 is 3.37. The monoisotopic (exact) mass is 423 g/mol. The molecule has 5 rings (SSSR count). The van der Waals surface area contributed by atoms with E-state index >= 15 is 0 Å². The summed E-state index contributed by atoms with van der Waals surface area (Å²) in [4.78, 5) is 6.06. The molecule has 144 valence electrons. The van der Waals surface area contributed by atoms with Gasteiger partial charge in [0.25, 0.3) is 0 Å². The number of halogens is 1. The van der Waals surface area contributed by atoms with Crippen LogP contribution in [0.5, 0.6) is 5.75 Å². The number of imidazole rings is 1. The van der Waals surface area contributed by atoms with E-state index in [1.54, 1.807) is 42.2 Å². The van der Waals surface area contributed by atoms with Crippen molar-refractivity contribution in [3.63, 3.8) is 0 Å². The molecule has 2 aromatic carbocycles. The van der Waals surface area contributed by atoms with Gasteiger partial charge < -0.3 is 10.2 Å². The Hall–Kier alpha value is -3.20. The van der Waals surface area contributed by atoms with Crippen molar-refractivity contribution in [2.75, 3.05) is 0 Å². The summed E-state index contributed by atoms with van der Waals surface area (Å²) in [5, 5.41) is 29.2. The van der Waals surface area contributed by atoms with Crippen LogP contribution in [0.2, 0.25) is 5.02 Å². The predicted octanol–water partition coefficient (Wildman–Crippen LogP) is 4.08. The lowest BCUT2D eigenvalue weighted by Gasteiger charge is -2.10. The second-order valence-corrected chi connectivity index (χ2v) is 7.85. The lowest BCUT2D eigenvalue weighted by Crippen LogP contribution is -2.05. The van der Waals surface area contributed by atoms with Gasteiger partial charge in [0.1, 0.15) is 28.7 Å². The molecule has 3 heterocycles. The van der Waals surface area contributed by atoms with Gasteiger partial charge in [-0.25, -0.2) is 9.67 Å². The van der Waals surface area contributed by atoms with Gasteiger partial charge in [-0.15, -0.1) is 16.4 Å². The Kier molecular flexibility index (Phi) is 4.31. The number of nitrogens with zero attached hydrogens (tertiary/aromatic N) is 5. The van der Waals surface area contributed by atoms with Crippen molar-refractivity contribution in [2.45, 2.75) is 6.10 Å². The number of fused-ring (bicyclic) bond motifs is 1. The Morgan fingerprint density at radius 1 is 1.10 bits per heavy atom. The fraction of sp³-hybridized carbons (Fsp3) is 0.0500. The lowest BCUT2D eigenvalue weighted by molar-refractivity contribution is 0.210. The highest BCUT2D eigenvalue weighted by atomic mass is 35.5. The van der Waals surface area contributed by atoms with E-state index in [-0.39, 0.29) is 10.8 Å². The second kappa shape index (κ2) is 7.00. The predicted molar refractivity (Wildman–Crippen MR) is 111 cm³/mol. The molecule has 3 aromatic heterocycles. The first-order chi connectivity index (χ1) is 14.1. The minimum atomic E-state index is -1.01. The normalized spacial score (nSPS) is 12.5. The summed E-state index contributed by atoms with van der Waals surface area (Å²) in [6, 6.07) is 14.6. The van der Waals surface area contributed by atoms with Crippen molar-refractivity contribution in [1.82, 2.24) is 24.4 Å². The van der Waals surface area contributed by atoms with Crippen LogP contribution in [0.25, 0.3) is 21.0 Å². The highest BCUT2D eigenvalue weighted by molar-refractivity contribution is 7.20. The number of phenols is 1. The van der Waals surface area contributed by atoms with Crippen LogP contribution < -0.4 is 0 Å². The summed E-state index contributed by atoms with van der Waals surface area (Å²) >= 11 is 7.54. The molecule has 9 heteroatoms. The average Bonchev–Trinajstić information content (AvgIpc) is 3.46. The van der Waals surface area contributed by atoms with Crippen LogP contribution in [0.3, 0.4) is 0 Å². The summed E-state index contributed by atoms with van der Waals surface area (Å²) in [7, 11) is 0. The third-order valence-corrected chi connectivity index (χ3v) is 6.05. The van der Waals surface area contributed by atoms with E-state index in [9.17, 15) is 10.2 Å². The third kappa shape index (κ3) is 3.07. The number of phenolic OH excluding ortho intramolecular Hbond substituents is 1. The first-order valence-electron chi connectivity index (χ1n) is 8.71. The van der Waals surface area contributed by atoms with Crippen LogP contribution in [0.1, 0.15) is 17.5 Å². The van der Waals surface area contributed by atoms with Crippen LogP contribution in [0.4, 0.5) is 0 Å². The molecular weight excluding hydrogens is 410 g/mol. The number of hydrogen-bond acceptors (Lipinski definition) is 6. The molecule has 5 aromatic rings. The van der Waals surface area contributed by atoms with Gasteiger partial charge in [-0.05, 0) is 23.8 Å². The number of aliphatic hydroxyl groups is 1. The highest BCUT2D eigenvalue weighted by Crippen LogP contribution is 2.38. The Balaban J connectivity index is 1.59. The molecule has 7 nitrogen and oxygen atoms in total. The van der Waals surface area contributed by atoms with Crippen LogP contribution >= 0.6 is 22.9 Å². The molecule has 1 atom stereocenters. The fourth-order valence-electron chi connectivity index (χ4n) is 3.16. The second-order valence-electron chi connectivity index (χ2n) is 6.41. The maximum atomic E-state index is 11.2. The number of hydrogen-bond donors (Lipinski definition) is 2. The van der Waals surface area contributed by atoms with Gasteiger partial charge in [0.15, 0.2) is 0 Å². The van der Waals surface area contributed by atoms with Crippen molar-refractivity contribution in [1.29, 1.82) is 0 Å². The molecule has 0 saturated heterocycles. The van der Waals surface area contributed by atoms with E-state index < -0.39 is 6.10 Å². The van der Waals surface area contributed by atoms with Crippen molar-refractivity contribution in [3.05, 3.63) is 83.7 Å². The molecule has 0 aliphatic rings. The molecule has 29 heavy (non-hydrogen) atoms. The molecule has 0 saturated carbocycles. The summed E-state index contributed by atoms with van der Waals surface area (Å²) in [6.45, 7) is 0. The number of aliphatic hydroxyl groups excluding tert-OH is 1. The summed E-state index contributed by atoms with van der Waals surface area (Å²) in [5.41, 5.74) is 2.71. The quantitative estimate of drug-likeness (QED) is 0.454. The molecule has 1 unspecified atom stereocenters. The van der Waals surface area contributed by atoms with E-state index in [4.69, 9.17) is 11.6 Å². The molecule has 0 amide bonds. The third-order valence-electron chi connectivity index (χ3n) is 4.59. The Bertz CT molecular complexity index is 1310. The minimum absolute atomic E-state index is 0.0101. The van der Waals surface area contributed by atoms with Crippen LogP contribution in [0.15, 0.2) is 67.3 Å². The smallest absolute Gasteiger partial charge is 0.141 e. The number of benzene rings is 2. The van der Waals surface area contributed by atoms with Crippen molar-refractivity contribution in [2.24, 2.45) is 0 Å². The number of thiazole rings is 1. The average molecular weight is 424 g/mol. The first-order valence-corrected chi connectivity index (χ1v) is 9.90. The van der Waals surface area contributed by atoms with Gasteiger partial charge in [-0.2, -0.15) is 0 Å². The zero-order valence-electron chi connectivity index (χ0n) is 14.8. The van der Waals surface area contributed by atoms with Crippen molar-refractivity contribution < 1.29 is 10.2 Å². The van der Waals surface area contributed by atoms with Crippen LogP contribution in [-0.2, 0) is 0 Å². The van der Waals surface area contributed by atoms with Gasteiger partial charge >= 0.3 is 0 Å². The van der Waals surface area contributed by atoms with Gasteiger partial charge in [0.2, 0.25) is 0 Å². The first kappa shape index (κ1) is 17.9. The molecule has 0 fully saturated rings. The van der Waals surface area contributed by atoms with Crippen molar-refractivity contribution >= 4 is 27.8 Å². The summed E-state index contributed by atoms with van der Waals surface area (Å²) in [6.07, 6.45) is 4.08. The minimum Gasteiger partial charge on any atom is -0.506 e. The van der Waals surface area contributed by atoms with Gasteiger partial charge in [-0.1, -0.05) is 47.1 Å². The van der Waals surface area contributed by atoms with E-state index in [2.05, 4.69) is 15.3 Å². The maximum Gasteiger partial charge on any atom is 0.141 e. The van der Waals surface area contributed by atoms with E-state index in [1.807, 2.05) is 34.7 Å². The maximum absolute atomic E-state index is 11.2. The fourth-order valence-corrected chi connectivity index (χ4v) is 4.47. The molecule has 2 N–H and O–H groups in total. The summed E-state index contributed by atoms with van der Waals surface area (Å²) in [5.74, 6) is -0.0101. The van der Waals surface area contributed by atoms with Crippen molar-refractivity contribution in [3.8, 4) is 21.9 Å². The largest absolute Gasteiger partial charge is 0.506 e. The van der Waals surface area contributed by atoms with Gasteiger partial charge in [-0.3, -0.25) is 4.40 Å². The Labute approximate surface area is 174 Å². The van der Waals surface area contributed by atoms with E-state index in [0.29, 0.717) is 17.1 Å². The zero-order valence-corrected chi connectivity index (χ0v) is 16.4. The molecular formula is C20H14ClN5O2S. The Morgan fingerprint density at radius 3 is 2.72 bits per heavy atom. The van der Waals surface area contributed by atoms with Crippen LogP contribution in [-0.4, -0.2) is 34.6 Å². The topological polar surface area (TPSA) is 88.5 Å².